The third-order valence-electron chi connectivity index (χ3n) is 3.12. The number of carboxylic acids is 1. The first kappa shape index (κ1) is 14.3. The topological polar surface area (TPSA) is 80.0 Å². The smallest absolute Gasteiger partial charge is 0.348 e. The number of aromatic nitrogens is 3. The molecule has 0 amide bonds. The Labute approximate surface area is 131 Å². The summed E-state index contributed by atoms with van der Waals surface area (Å²) in [4.78, 5) is 15.9. The SMILES string of the molecule is Cc1cc(Nc2c(C)csc2C(=O)O)n(-c2ccccn2)n1. The Morgan fingerprint density at radius 2 is 2.18 bits per heavy atom. The van der Waals surface area contributed by atoms with Gasteiger partial charge in [-0.05, 0) is 36.9 Å². The van der Waals surface area contributed by atoms with Gasteiger partial charge in [-0.15, -0.1) is 11.3 Å². The lowest BCUT2D eigenvalue weighted by Gasteiger charge is -2.09. The van der Waals surface area contributed by atoms with E-state index in [-0.39, 0.29) is 4.88 Å². The highest BCUT2D eigenvalue weighted by molar-refractivity contribution is 7.12. The first-order chi connectivity index (χ1) is 10.6. The van der Waals surface area contributed by atoms with Crippen LogP contribution in [0.4, 0.5) is 11.5 Å². The fourth-order valence-corrected chi connectivity index (χ4v) is 2.97. The minimum Gasteiger partial charge on any atom is -0.477 e. The summed E-state index contributed by atoms with van der Waals surface area (Å²) in [5.41, 5.74) is 2.29. The van der Waals surface area contributed by atoms with E-state index >= 15 is 0 Å². The van der Waals surface area contributed by atoms with Crippen molar-refractivity contribution >= 4 is 28.8 Å². The van der Waals surface area contributed by atoms with Crippen LogP contribution in [0.2, 0.25) is 0 Å². The molecule has 0 aliphatic heterocycles. The first-order valence-electron chi connectivity index (χ1n) is 6.62. The highest BCUT2D eigenvalue weighted by atomic mass is 32.1. The van der Waals surface area contributed by atoms with Crippen LogP contribution < -0.4 is 5.32 Å². The van der Waals surface area contributed by atoms with Gasteiger partial charge in [0.25, 0.3) is 0 Å². The number of aryl methyl sites for hydroxylation is 2. The van der Waals surface area contributed by atoms with Gasteiger partial charge in [0, 0.05) is 12.3 Å². The molecule has 3 aromatic rings. The number of hydrogen-bond acceptors (Lipinski definition) is 5. The normalized spacial score (nSPS) is 10.6. The molecule has 22 heavy (non-hydrogen) atoms. The van der Waals surface area contributed by atoms with Crippen LogP contribution >= 0.6 is 11.3 Å². The molecule has 0 bridgehead atoms. The van der Waals surface area contributed by atoms with Gasteiger partial charge in [-0.25, -0.2) is 9.78 Å². The van der Waals surface area contributed by atoms with Crippen LogP contribution in [-0.4, -0.2) is 25.8 Å². The molecule has 0 atom stereocenters. The zero-order chi connectivity index (χ0) is 15.7. The molecule has 0 fully saturated rings. The summed E-state index contributed by atoms with van der Waals surface area (Å²) >= 11 is 1.20. The van der Waals surface area contributed by atoms with Gasteiger partial charge in [-0.3, -0.25) is 0 Å². The van der Waals surface area contributed by atoms with Crippen molar-refractivity contribution in [2.45, 2.75) is 13.8 Å². The van der Waals surface area contributed by atoms with E-state index in [0.717, 1.165) is 11.3 Å². The molecule has 0 spiro atoms. The molecule has 7 heteroatoms. The largest absolute Gasteiger partial charge is 0.477 e. The van der Waals surface area contributed by atoms with Crippen LogP contribution in [0.25, 0.3) is 5.82 Å². The number of thiophene rings is 1. The summed E-state index contributed by atoms with van der Waals surface area (Å²) in [5.74, 6) is 0.407. The summed E-state index contributed by atoms with van der Waals surface area (Å²) in [6, 6.07) is 7.41. The molecule has 0 saturated carbocycles. The Hall–Kier alpha value is -2.67. The molecule has 0 aromatic carbocycles. The fraction of sp³-hybridized carbons (Fsp3) is 0.133. The second-order valence-electron chi connectivity index (χ2n) is 4.82. The van der Waals surface area contributed by atoms with Gasteiger partial charge < -0.3 is 10.4 Å². The molecular weight excluding hydrogens is 300 g/mol. The van der Waals surface area contributed by atoms with Crippen molar-refractivity contribution in [2.75, 3.05) is 5.32 Å². The van der Waals surface area contributed by atoms with Crippen molar-refractivity contribution in [1.82, 2.24) is 14.8 Å². The van der Waals surface area contributed by atoms with Gasteiger partial charge >= 0.3 is 5.97 Å². The summed E-state index contributed by atoms with van der Waals surface area (Å²) in [6.07, 6.45) is 1.69. The van der Waals surface area contributed by atoms with E-state index in [4.69, 9.17) is 0 Å². The average molecular weight is 314 g/mol. The highest BCUT2D eigenvalue weighted by Crippen LogP contribution is 2.31. The van der Waals surface area contributed by atoms with Crippen molar-refractivity contribution in [3.63, 3.8) is 0 Å². The molecule has 0 unspecified atom stereocenters. The Balaban J connectivity index is 2.04. The number of carbonyl (C=O) groups is 1. The quantitative estimate of drug-likeness (QED) is 0.771. The second kappa shape index (κ2) is 5.61. The number of rotatable bonds is 4. The van der Waals surface area contributed by atoms with Crippen LogP contribution in [0, 0.1) is 13.8 Å². The molecule has 112 valence electrons. The van der Waals surface area contributed by atoms with E-state index in [0.29, 0.717) is 17.3 Å². The molecule has 0 aliphatic carbocycles. The van der Waals surface area contributed by atoms with Crippen LogP contribution in [0.3, 0.4) is 0 Å². The number of carboxylic acid groups (broad SMARTS) is 1. The zero-order valence-corrected chi connectivity index (χ0v) is 12.9. The Bertz CT molecular complexity index is 823. The predicted molar refractivity (Wildman–Crippen MR) is 85.4 cm³/mol. The lowest BCUT2D eigenvalue weighted by Crippen LogP contribution is -2.06. The molecular formula is C15H14N4O2S. The van der Waals surface area contributed by atoms with Crippen molar-refractivity contribution in [3.8, 4) is 5.82 Å². The molecule has 0 aliphatic rings. The van der Waals surface area contributed by atoms with Gasteiger partial charge in [0.2, 0.25) is 0 Å². The summed E-state index contributed by atoms with van der Waals surface area (Å²) in [6.45, 7) is 3.75. The summed E-state index contributed by atoms with van der Waals surface area (Å²) < 4.78 is 1.66. The number of nitrogens with one attached hydrogen (secondary N) is 1. The van der Waals surface area contributed by atoms with Crippen molar-refractivity contribution in [1.29, 1.82) is 0 Å². The van der Waals surface area contributed by atoms with Crippen LogP contribution in [-0.2, 0) is 0 Å². The van der Waals surface area contributed by atoms with E-state index in [1.165, 1.54) is 11.3 Å². The maximum absolute atomic E-state index is 11.3. The Morgan fingerprint density at radius 3 is 2.86 bits per heavy atom. The molecule has 3 aromatic heterocycles. The molecule has 3 rings (SSSR count). The Kier molecular flexibility index (Phi) is 3.64. The number of aromatic carboxylic acids is 1. The van der Waals surface area contributed by atoms with Crippen molar-refractivity contribution in [2.24, 2.45) is 0 Å². The Morgan fingerprint density at radius 1 is 1.36 bits per heavy atom. The number of nitrogens with zero attached hydrogens (tertiary/aromatic N) is 3. The maximum Gasteiger partial charge on any atom is 0.348 e. The van der Waals surface area contributed by atoms with E-state index in [9.17, 15) is 9.90 Å². The minimum atomic E-state index is -0.943. The van der Waals surface area contributed by atoms with E-state index in [2.05, 4.69) is 15.4 Å². The lowest BCUT2D eigenvalue weighted by molar-refractivity contribution is 0.0703. The van der Waals surface area contributed by atoms with Gasteiger partial charge in [-0.1, -0.05) is 6.07 Å². The molecule has 6 nitrogen and oxygen atoms in total. The molecule has 2 N–H and O–H groups in total. The number of pyridine rings is 1. The number of hydrogen-bond donors (Lipinski definition) is 2. The molecule has 3 heterocycles. The fourth-order valence-electron chi connectivity index (χ4n) is 2.13. The van der Waals surface area contributed by atoms with Crippen molar-refractivity contribution < 1.29 is 9.90 Å². The van der Waals surface area contributed by atoms with Crippen LogP contribution in [0.15, 0.2) is 35.8 Å². The van der Waals surface area contributed by atoms with Crippen LogP contribution in [0.1, 0.15) is 20.9 Å². The van der Waals surface area contributed by atoms with E-state index in [1.54, 1.807) is 10.9 Å². The van der Waals surface area contributed by atoms with E-state index < -0.39 is 5.97 Å². The third kappa shape index (κ3) is 2.58. The van der Waals surface area contributed by atoms with E-state index in [1.807, 2.05) is 43.5 Å². The predicted octanol–water partition coefficient (Wildman–Crippen LogP) is 3.39. The third-order valence-corrected chi connectivity index (χ3v) is 4.21. The molecule has 0 saturated heterocycles. The zero-order valence-electron chi connectivity index (χ0n) is 12.1. The van der Waals surface area contributed by atoms with Gasteiger partial charge in [0.15, 0.2) is 5.82 Å². The second-order valence-corrected chi connectivity index (χ2v) is 5.70. The van der Waals surface area contributed by atoms with Gasteiger partial charge in [0.1, 0.15) is 10.7 Å². The molecule has 0 radical (unpaired) electrons. The highest BCUT2D eigenvalue weighted by Gasteiger charge is 2.17. The lowest BCUT2D eigenvalue weighted by atomic mass is 10.2. The minimum absolute atomic E-state index is 0.281. The average Bonchev–Trinajstić information content (AvgIpc) is 3.04. The summed E-state index contributed by atoms with van der Waals surface area (Å²) in [5, 5.41) is 18.7. The number of anilines is 2. The van der Waals surface area contributed by atoms with Crippen molar-refractivity contribution in [3.05, 3.63) is 52.0 Å². The monoisotopic (exact) mass is 314 g/mol. The van der Waals surface area contributed by atoms with Crippen LogP contribution in [0.5, 0.6) is 0 Å². The maximum atomic E-state index is 11.3. The first-order valence-corrected chi connectivity index (χ1v) is 7.50. The van der Waals surface area contributed by atoms with Gasteiger partial charge in [-0.2, -0.15) is 9.78 Å². The standard InChI is InChI=1S/C15H14N4O2S/c1-9-8-22-14(15(20)21)13(9)17-12-7-10(2)18-19(12)11-5-3-4-6-16-11/h3-8,17H,1-2H3,(H,20,21). The van der Waals surface area contributed by atoms with Gasteiger partial charge in [0.05, 0.1) is 11.4 Å². The summed E-state index contributed by atoms with van der Waals surface area (Å²) in [7, 11) is 0.